The van der Waals surface area contributed by atoms with Gasteiger partial charge in [0.05, 0.1) is 32.2 Å². The Labute approximate surface area is 192 Å². The number of hydrogen-bond acceptors (Lipinski definition) is 5. The van der Waals surface area contributed by atoms with Crippen molar-refractivity contribution in [3.8, 4) is 0 Å². The van der Waals surface area contributed by atoms with Crippen LogP contribution in [0.25, 0.3) is 0 Å². The van der Waals surface area contributed by atoms with E-state index in [1.807, 2.05) is 0 Å². The molecule has 2 aromatic rings. The van der Waals surface area contributed by atoms with Crippen LogP contribution >= 0.6 is 34.8 Å². The molecule has 0 bridgehead atoms. The van der Waals surface area contributed by atoms with Gasteiger partial charge in [-0.1, -0.05) is 53.0 Å². The van der Waals surface area contributed by atoms with Crippen LogP contribution < -0.4 is 15.8 Å². The lowest BCUT2D eigenvalue weighted by atomic mass is 10.1. The zero-order valence-corrected chi connectivity index (χ0v) is 18.1. The molecule has 1 heterocycles. The highest BCUT2D eigenvalue weighted by atomic mass is 35.5. The summed E-state index contributed by atoms with van der Waals surface area (Å²) in [4.78, 5) is 49.8. The maximum Gasteiger partial charge on any atom is 0.311 e. The maximum absolute atomic E-state index is 12.3. The number of nitrogens with one attached hydrogen (secondary N) is 2. The number of hydrazine groups is 1. The highest BCUT2D eigenvalue weighted by molar-refractivity contribution is 6.44. The Morgan fingerprint density at radius 2 is 1.71 bits per heavy atom. The minimum absolute atomic E-state index is 0.0442. The van der Waals surface area contributed by atoms with Crippen molar-refractivity contribution in [3.63, 3.8) is 0 Å². The van der Waals surface area contributed by atoms with Crippen LogP contribution in [0.4, 0.5) is 5.69 Å². The summed E-state index contributed by atoms with van der Waals surface area (Å²) < 4.78 is 4.97. The molecule has 3 amide bonds. The van der Waals surface area contributed by atoms with Gasteiger partial charge in [0.25, 0.3) is 11.8 Å². The summed E-state index contributed by atoms with van der Waals surface area (Å²) in [5.41, 5.74) is 4.87. The Morgan fingerprint density at radius 1 is 1.00 bits per heavy atom. The first kappa shape index (κ1) is 22.9. The molecular weight excluding hydrogens is 469 g/mol. The van der Waals surface area contributed by atoms with Crippen LogP contribution in [-0.2, 0) is 19.1 Å². The van der Waals surface area contributed by atoms with E-state index < -0.39 is 30.3 Å². The minimum atomic E-state index is -0.770. The zero-order chi connectivity index (χ0) is 22.5. The second kappa shape index (κ2) is 10.00. The quantitative estimate of drug-likeness (QED) is 0.501. The van der Waals surface area contributed by atoms with Crippen molar-refractivity contribution in [1.82, 2.24) is 10.9 Å². The molecular formula is C20H16Cl3N3O5. The zero-order valence-electron chi connectivity index (χ0n) is 15.9. The molecule has 0 spiro atoms. The number of rotatable bonds is 5. The van der Waals surface area contributed by atoms with Gasteiger partial charge in [0.2, 0.25) is 5.91 Å². The number of ether oxygens (including phenoxy) is 1. The Kier molecular flexibility index (Phi) is 7.37. The monoisotopic (exact) mass is 483 g/mol. The Balaban J connectivity index is 1.49. The number of nitrogens with zero attached hydrogens (tertiary/aromatic N) is 1. The van der Waals surface area contributed by atoms with Crippen molar-refractivity contribution in [2.75, 3.05) is 18.1 Å². The first-order valence-electron chi connectivity index (χ1n) is 9.02. The predicted octanol–water partition coefficient (Wildman–Crippen LogP) is 3.00. The summed E-state index contributed by atoms with van der Waals surface area (Å²) in [6.45, 7) is -0.590. The summed E-state index contributed by atoms with van der Waals surface area (Å²) in [5.74, 6) is -3.19. The Morgan fingerprint density at radius 3 is 2.45 bits per heavy atom. The van der Waals surface area contributed by atoms with Crippen molar-refractivity contribution in [2.24, 2.45) is 5.92 Å². The first-order chi connectivity index (χ1) is 14.8. The van der Waals surface area contributed by atoms with E-state index in [1.54, 1.807) is 30.3 Å². The summed E-state index contributed by atoms with van der Waals surface area (Å²) in [5, 5.41) is 0.713. The maximum atomic E-state index is 12.3. The number of anilines is 1. The van der Waals surface area contributed by atoms with E-state index in [-0.39, 0.29) is 39.5 Å². The van der Waals surface area contributed by atoms with Gasteiger partial charge in [-0.2, -0.15) is 0 Å². The van der Waals surface area contributed by atoms with Crippen molar-refractivity contribution in [1.29, 1.82) is 0 Å². The molecule has 31 heavy (non-hydrogen) atoms. The normalized spacial score (nSPS) is 15.5. The van der Waals surface area contributed by atoms with Crippen LogP contribution in [0.15, 0.2) is 42.5 Å². The van der Waals surface area contributed by atoms with Gasteiger partial charge in [-0.05, 0) is 24.3 Å². The van der Waals surface area contributed by atoms with Crippen LogP contribution in [0.5, 0.6) is 0 Å². The third-order valence-electron chi connectivity index (χ3n) is 4.46. The molecule has 1 fully saturated rings. The Bertz CT molecular complexity index is 1050. The van der Waals surface area contributed by atoms with Gasteiger partial charge in [-0.15, -0.1) is 0 Å². The molecule has 1 atom stereocenters. The average molecular weight is 485 g/mol. The fourth-order valence-corrected chi connectivity index (χ4v) is 3.55. The molecule has 1 aliphatic rings. The van der Waals surface area contributed by atoms with Crippen molar-refractivity contribution in [3.05, 3.63) is 63.1 Å². The lowest BCUT2D eigenvalue weighted by molar-refractivity contribution is -0.152. The third kappa shape index (κ3) is 5.46. The molecule has 3 rings (SSSR count). The second-order valence-electron chi connectivity index (χ2n) is 6.57. The molecule has 2 aromatic carbocycles. The molecule has 0 saturated carbocycles. The van der Waals surface area contributed by atoms with Gasteiger partial charge in [-0.3, -0.25) is 30.0 Å². The van der Waals surface area contributed by atoms with Crippen LogP contribution in [0.3, 0.4) is 0 Å². The SMILES string of the molecule is O=C(COC(=O)[C@@H]1CC(=O)N(c2cccc(Cl)c2Cl)C1)NNC(=O)c1ccccc1Cl. The summed E-state index contributed by atoms with van der Waals surface area (Å²) in [6.07, 6.45) is -0.0907. The minimum Gasteiger partial charge on any atom is -0.455 e. The van der Waals surface area contributed by atoms with Crippen molar-refractivity contribution in [2.45, 2.75) is 6.42 Å². The molecule has 11 heteroatoms. The fourth-order valence-electron chi connectivity index (χ4n) is 2.93. The van der Waals surface area contributed by atoms with E-state index >= 15 is 0 Å². The van der Waals surface area contributed by atoms with E-state index in [1.165, 1.54) is 17.0 Å². The number of halogens is 3. The van der Waals surface area contributed by atoms with E-state index in [0.717, 1.165) is 0 Å². The predicted molar refractivity (Wildman–Crippen MR) is 115 cm³/mol. The average Bonchev–Trinajstić information content (AvgIpc) is 3.14. The number of carbonyl (C=O) groups excluding carboxylic acids is 4. The lowest BCUT2D eigenvalue weighted by Crippen LogP contribution is -2.44. The van der Waals surface area contributed by atoms with Gasteiger partial charge >= 0.3 is 5.97 Å². The Hall–Kier alpha value is -2.81. The lowest BCUT2D eigenvalue weighted by Gasteiger charge is -2.18. The number of hydrogen-bond donors (Lipinski definition) is 2. The summed E-state index contributed by atoms with van der Waals surface area (Å²) in [6, 6.07) is 11.1. The molecule has 0 aliphatic carbocycles. The number of benzene rings is 2. The number of carbonyl (C=O) groups is 4. The van der Waals surface area contributed by atoms with Gasteiger partial charge in [-0.25, -0.2) is 0 Å². The van der Waals surface area contributed by atoms with Crippen molar-refractivity contribution < 1.29 is 23.9 Å². The third-order valence-corrected chi connectivity index (χ3v) is 5.60. The standard InChI is InChI=1S/C20H16Cl3N3O5/c21-13-5-2-1-4-12(13)19(29)25-24-16(27)10-31-20(30)11-8-17(28)26(9-11)15-7-3-6-14(22)18(15)23/h1-7,11H,8-10H2,(H,24,27)(H,25,29)/t11-/m1/s1. The van der Waals surface area contributed by atoms with Crippen LogP contribution in [-0.4, -0.2) is 36.8 Å². The topological polar surface area (TPSA) is 105 Å². The summed E-state index contributed by atoms with van der Waals surface area (Å²) >= 11 is 18.0. The first-order valence-corrected chi connectivity index (χ1v) is 10.2. The van der Waals surface area contributed by atoms with Gasteiger partial charge in [0.15, 0.2) is 6.61 Å². The molecule has 0 aromatic heterocycles. The van der Waals surface area contributed by atoms with E-state index in [4.69, 9.17) is 39.5 Å². The van der Waals surface area contributed by atoms with E-state index in [9.17, 15) is 19.2 Å². The van der Waals surface area contributed by atoms with Gasteiger partial charge in [0, 0.05) is 13.0 Å². The highest BCUT2D eigenvalue weighted by Crippen LogP contribution is 2.35. The molecule has 1 aliphatic heterocycles. The van der Waals surface area contributed by atoms with Crippen LogP contribution in [0.1, 0.15) is 16.8 Å². The van der Waals surface area contributed by atoms with Gasteiger partial charge < -0.3 is 9.64 Å². The highest BCUT2D eigenvalue weighted by Gasteiger charge is 2.37. The fraction of sp³-hybridized carbons (Fsp3) is 0.200. The van der Waals surface area contributed by atoms with Gasteiger partial charge in [0.1, 0.15) is 0 Å². The van der Waals surface area contributed by atoms with E-state index in [0.29, 0.717) is 5.69 Å². The smallest absolute Gasteiger partial charge is 0.311 e. The molecule has 0 radical (unpaired) electrons. The van der Waals surface area contributed by atoms with E-state index in [2.05, 4.69) is 10.9 Å². The number of amides is 3. The largest absolute Gasteiger partial charge is 0.455 e. The molecule has 8 nitrogen and oxygen atoms in total. The summed E-state index contributed by atoms with van der Waals surface area (Å²) in [7, 11) is 0. The molecule has 0 unspecified atom stereocenters. The van der Waals surface area contributed by atoms with Crippen LogP contribution in [0.2, 0.25) is 15.1 Å². The molecule has 1 saturated heterocycles. The molecule has 162 valence electrons. The number of esters is 1. The van der Waals surface area contributed by atoms with Crippen LogP contribution in [0, 0.1) is 5.92 Å². The second-order valence-corrected chi connectivity index (χ2v) is 7.76. The van der Waals surface area contributed by atoms with Crippen molar-refractivity contribution >= 4 is 64.2 Å². The molecule has 2 N–H and O–H groups in total.